The second kappa shape index (κ2) is 8.06. The van der Waals surface area contributed by atoms with Crippen molar-refractivity contribution < 1.29 is 14.3 Å². The van der Waals surface area contributed by atoms with E-state index in [1.165, 1.54) is 18.3 Å². The highest BCUT2D eigenvalue weighted by atomic mass is 19.1. The lowest BCUT2D eigenvalue weighted by atomic mass is 9.79. The summed E-state index contributed by atoms with van der Waals surface area (Å²) >= 11 is 0. The zero-order chi connectivity index (χ0) is 17.6. The van der Waals surface area contributed by atoms with Crippen LogP contribution in [0.3, 0.4) is 0 Å². The fraction of sp³-hybridized carbons (Fsp3) is 0.444. The van der Waals surface area contributed by atoms with Gasteiger partial charge >= 0.3 is 0 Å². The van der Waals surface area contributed by atoms with Crippen LogP contribution in [0.2, 0.25) is 0 Å². The van der Waals surface area contributed by atoms with Crippen LogP contribution in [0.15, 0.2) is 30.5 Å². The Balaban J connectivity index is 2.14. The molecule has 2 rings (SSSR count). The molecule has 5 nitrogen and oxygen atoms in total. The number of carbonyl (C=O) groups is 1. The van der Waals surface area contributed by atoms with E-state index >= 15 is 0 Å². The van der Waals surface area contributed by atoms with Crippen molar-refractivity contribution in [3.05, 3.63) is 41.8 Å². The summed E-state index contributed by atoms with van der Waals surface area (Å²) in [5.74, 6) is -0.559. The van der Waals surface area contributed by atoms with E-state index in [9.17, 15) is 14.3 Å². The Bertz CT molecular complexity index is 663. The summed E-state index contributed by atoms with van der Waals surface area (Å²) in [6.45, 7) is 4.72. The van der Waals surface area contributed by atoms with Crippen LogP contribution in [0.1, 0.15) is 43.5 Å². The molecule has 0 unspecified atom stereocenters. The molecule has 1 aromatic heterocycles. The number of halogens is 1. The average molecular weight is 333 g/mol. The molecule has 24 heavy (non-hydrogen) atoms. The summed E-state index contributed by atoms with van der Waals surface area (Å²) in [5.41, 5.74) is 1.58. The van der Waals surface area contributed by atoms with E-state index in [0.29, 0.717) is 29.8 Å². The molecule has 1 aromatic carbocycles. The number of nitrogens with zero attached hydrogens (tertiary/aromatic N) is 1. The first-order valence-corrected chi connectivity index (χ1v) is 8.23. The molecule has 0 spiro atoms. The maximum Gasteiger partial charge on any atom is 0.255 e. The minimum absolute atomic E-state index is 0.101. The quantitative estimate of drug-likeness (QED) is 0.694. The number of nitrogens with one attached hydrogen (secondary N) is 2. The number of hydrogen-bond acceptors (Lipinski definition) is 3. The van der Waals surface area contributed by atoms with Crippen LogP contribution in [0, 0.1) is 11.2 Å². The van der Waals surface area contributed by atoms with Gasteiger partial charge in [0, 0.05) is 18.7 Å². The largest absolute Gasteiger partial charge is 0.396 e. The molecule has 2 aromatic rings. The number of aliphatic hydroxyl groups is 1. The molecule has 0 radical (unpaired) electrons. The predicted octanol–water partition coefficient (Wildman–Crippen LogP) is 3.13. The minimum atomic E-state index is -0.330. The Kier molecular flexibility index (Phi) is 6.09. The fourth-order valence-electron chi connectivity index (χ4n) is 2.84. The van der Waals surface area contributed by atoms with Gasteiger partial charge in [-0.2, -0.15) is 5.10 Å². The summed E-state index contributed by atoms with van der Waals surface area (Å²) in [4.78, 5) is 12.5. The number of aromatic amines is 1. The Hall–Kier alpha value is -2.21. The number of benzene rings is 1. The Labute approximate surface area is 141 Å². The van der Waals surface area contributed by atoms with Crippen LogP contribution in [-0.2, 0) is 0 Å². The van der Waals surface area contributed by atoms with Crippen molar-refractivity contribution in [2.24, 2.45) is 5.41 Å². The average Bonchev–Trinajstić information content (AvgIpc) is 3.09. The van der Waals surface area contributed by atoms with Crippen LogP contribution in [-0.4, -0.2) is 34.4 Å². The number of H-pyrrole nitrogens is 1. The van der Waals surface area contributed by atoms with E-state index in [4.69, 9.17) is 0 Å². The maximum atomic E-state index is 13.1. The lowest BCUT2D eigenvalue weighted by molar-refractivity contribution is 0.0908. The smallest absolute Gasteiger partial charge is 0.255 e. The third kappa shape index (κ3) is 4.00. The van der Waals surface area contributed by atoms with Gasteiger partial charge in [0.1, 0.15) is 5.82 Å². The third-order valence-electron chi connectivity index (χ3n) is 4.78. The molecule has 0 saturated heterocycles. The molecular weight excluding hydrogens is 309 g/mol. The second-order valence-corrected chi connectivity index (χ2v) is 6.03. The van der Waals surface area contributed by atoms with Gasteiger partial charge in [-0.15, -0.1) is 0 Å². The summed E-state index contributed by atoms with van der Waals surface area (Å²) in [7, 11) is 0. The van der Waals surface area contributed by atoms with Gasteiger partial charge in [-0.25, -0.2) is 4.39 Å². The normalized spacial score (nSPS) is 11.5. The van der Waals surface area contributed by atoms with Gasteiger partial charge in [-0.3, -0.25) is 9.89 Å². The van der Waals surface area contributed by atoms with Gasteiger partial charge in [-0.1, -0.05) is 13.8 Å². The summed E-state index contributed by atoms with van der Waals surface area (Å²) in [5, 5.41) is 19.0. The molecule has 0 aliphatic rings. The number of aliphatic hydroxyl groups excluding tert-OH is 1. The molecule has 0 aliphatic heterocycles. The molecule has 1 amide bonds. The second-order valence-electron chi connectivity index (χ2n) is 6.03. The first-order valence-electron chi connectivity index (χ1n) is 8.23. The molecule has 0 bridgehead atoms. The van der Waals surface area contributed by atoms with Crippen molar-refractivity contribution >= 4 is 5.91 Å². The number of aromatic nitrogens is 2. The zero-order valence-corrected chi connectivity index (χ0v) is 14.1. The van der Waals surface area contributed by atoms with Crippen molar-refractivity contribution in [3.8, 4) is 11.3 Å². The van der Waals surface area contributed by atoms with Crippen molar-refractivity contribution in [2.75, 3.05) is 13.2 Å². The van der Waals surface area contributed by atoms with Gasteiger partial charge in [0.15, 0.2) is 0 Å². The minimum Gasteiger partial charge on any atom is -0.396 e. The Morgan fingerprint density at radius 1 is 1.29 bits per heavy atom. The van der Waals surface area contributed by atoms with Crippen molar-refractivity contribution in [1.82, 2.24) is 15.5 Å². The summed E-state index contributed by atoms with van der Waals surface area (Å²) in [6, 6.07) is 5.90. The molecule has 130 valence electrons. The highest BCUT2D eigenvalue weighted by molar-refractivity contribution is 5.99. The van der Waals surface area contributed by atoms with E-state index in [0.717, 1.165) is 12.8 Å². The SMILES string of the molecule is CCC(CC)(CCO)CNC(=O)c1cn[nH]c1-c1ccc(F)cc1. The fourth-order valence-corrected chi connectivity index (χ4v) is 2.84. The lowest BCUT2D eigenvalue weighted by Gasteiger charge is -2.31. The number of rotatable bonds is 8. The molecule has 0 aliphatic carbocycles. The zero-order valence-electron chi connectivity index (χ0n) is 14.1. The van der Waals surface area contributed by atoms with Crippen molar-refractivity contribution in [2.45, 2.75) is 33.1 Å². The predicted molar refractivity (Wildman–Crippen MR) is 91.0 cm³/mol. The van der Waals surface area contributed by atoms with Crippen LogP contribution in [0.5, 0.6) is 0 Å². The highest BCUT2D eigenvalue weighted by Crippen LogP contribution is 2.29. The monoisotopic (exact) mass is 333 g/mol. The topological polar surface area (TPSA) is 78.0 Å². The standard InChI is InChI=1S/C18H24FN3O2/c1-3-18(4-2,9-10-23)12-20-17(24)15-11-21-22-16(15)13-5-7-14(19)8-6-13/h5-8,11,23H,3-4,9-10,12H2,1-2H3,(H,20,24)(H,21,22). The molecule has 3 N–H and O–H groups in total. The van der Waals surface area contributed by atoms with Crippen LogP contribution >= 0.6 is 0 Å². The summed E-state index contributed by atoms with van der Waals surface area (Å²) in [6.07, 6.45) is 3.87. The molecule has 0 fully saturated rings. The van der Waals surface area contributed by atoms with Crippen LogP contribution in [0.4, 0.5) is 4.39 Å². The first kappa shape index (κ1) is 18.1. The van der Waals surface area contributed by atoms with Crippen LogP contribution < -0.4 is 5.32 Å². The van der Waals surface area contributed by atoms with Crippen LogP contribution in [0.25, 0.3) is 11.3 Å². The number of hydrogen-bond donors (Lipinski definition) is 3. The highest BCUT2D eigenvalue weighted by Gasteiger charge is 2.27. The Morgan fingerprint density at radius 2 is 1.96 bits per heavy atom. The van der Waals surface area contributed by atoms with E-state index in [2.05, 4.69) is 29.4 Å². The molecule has 0 saturated carbocycles. The third-order valence-corrected chi connectivity index (χ3v) is 4.78. The van der Waals surface area contributed by atoms with Crippen molar-refractivity contribution in [3.63, 3.8) is 0 Å². The van der Waals surface area contributed by atoms with Gasteiger partial charge in [0.25, 0.3) is 5.91 Å². The molecule has 6 heteroatoms. The molecule has 1 heterocycles. The first-order chi connectivity index (χ1) is 11.5. The van der Waals surface area contributed by atoms with E-state index in [1.807, 2.05) is 0 Å². The number of amides is 1. The lowest BCUT2D eigenvalue weighted by Crippen LogP contribution is -2.37. The van der Waals surface area contributed by atoms with Crippen molar-refractivity contribution in [1.29, 1.82) is 0 Å². The van der Waals surface area contributed by atoms with Gasteiger partial charge in [0.05, 0.1) is 17.5 Å². The molecular formula is C18H24FN3O2. The van der Waals surface area contributed by atoms with E-state index in [-0.39, 0.29) is 23.7 Å². The summed E-state index contributed by atoms with van der Waals surface area (Å²) < 4.78 is 13.1. The number of carbonyl (C=O) groups excluding carboxylic acids is 1. The van der Waals surface area contributed by atoms with Gasteiger partial charge in [-0.05, 0) is 48.9 Å². The molecule has 0 atom stereocenters. The van der Waals surface area contributed by atoms with Gasteiger partial charge < -0.3 is 10.4 Å². The van der Waals surface area contributed by atoms with E-state index in [1.54, 1.807) is 12.1 Å². The maximum absolute atomic E-state index is 13.1. The Morgan fingerprint density at radius 3 is 2.54 bits per heavy atom. The van der Waals surface area contributed by atoms with Gasteiger partial charge in [0.2, 0.25) is 0 Å². The van der Waals surface area contributed by atoms with E-state index < -0.39 is 0 Å².